The number of anilines is 1. The van der Waals surface area contributed by atoms with Gasteiger partial charge in [-0.15, -0.1) is 0 Å². The molecular formula is C20H12F3N3OS. The van der Waals surface area contributed by atoms with Crippen molar-refractivity contribution in [3.8, 4) is 0 Å². The van der Waals surface area contributed by atoms with Crippen molar-refractivity contribution in [1.82, 2.24) is 9.97 Å². The molecule has 140 valence electrons. The number of halogens is 3. The summed E-state index contributed by atoms with van der Waals surface area (Å²) in [7, 11) is 0. The molecule has 1 amide bonds. The molecule has 0 aliphatic rings. The number of carbonyl (C=O) groups excluding carboxylic acids is 1. The number of carbonyl (C=O) groups is 1. The summed E-state index contributed by atoms with van der Waals surface area (Å²) in [5.41, 5.74) is 1.24. The van der Waals surface area contributed by atoms with Gasteiger partial charge in [-0.3, -0.25) is 14.7 Å². The van der Waals surface area contributed by atoms with Crippen molar-refractivity contribution in [2.75, 3.05) is 4.90 Å². The van der Waals surface area contributed by atoms with E-state index in [-0.39, 0.29) is 12.1 Å². The van der Waals surface area contributed by atoms with Gasteiger partial charge < -0.3 is 0 Å². The van der Waals surface area contributed by atoms with E-state index >= 15 is 0 Å². The maximum atomic E-state index is 13.6. The van der Waals surface area contributed by atoms with Gasteiger partial charge in [0.25, 0.3) is 5.91 Å². The maximum Gasteiger partial charge on any atom is 0.260 e. The van der Waals surface area contributed by atoms with Crippen molar-refractivity contribution < 1.29 is 18.0 Å². The molecule has 0 unspecified atom stereocenters. The zero-order valence-electron chi connectivity index (χ0n) is 14.3. The second-order valence-electron chi connectivity index (χ2n) is 5.99. The Hall–Kier alpha value is -3.26. The Morgan fingerprint density at radius 2 is 1.89 bits per heavy atom. The SMILES string of the molecule is O=C(c1ccc(F)c(F)c1)N(Cc1cccnc1)c1nc2ccc(F)cc2s1. The smallest absolute Gasteiger partial charge is 0.260 e. The molecule has 0 saturated carbocycles. The van der Waals surface area contributed by atoms with Gasteiger partial charge in [0.15, 0.2) is 16.8 Å². The molecule has 2 aromatic heterocycles. The minimum atomic E-state index is -1.11. The van der Waals surface area contributed by atoms with E-state index in [9.17, 15) is 18.0 Å². The monoisotopic (exact) mass is 399 g/mol. The third-order valence-corrected chi connectivity index (χ3v) is 5.09. The third kappa shape index (κ3) is 3.59. The highest BCUT2D eigenvalue weighted by atomic mass is 32.1. The highest BCUT2D eigenvalue weighted by Gasteiger charge is 2.23. The molecule has 4 aromatic rings. The Labute approximate surface area is 161 Å². The summed E-state index contributed by atoms with van der Waals surface area (Å²) in [5.74, 6) is -3.11. The number of pyridine rings is 1. The van der Waals surface area contributed by atoms with Crippen LogP contribution in [0.4, 0.5) is 18.3 Å². The number of thiazole rings is 1. The standard InChI is InChI=1S/C20H12F3N3OS/c21-14-4-6-17-18(9-14)28-20(25-17)26(11-12-2-1-7-24-10-12)19(27)13-3-5-15(22)16(23)8-13/h1-10H,11H2. The van der Waals surface area contributed by atoms with Crippen LogP contribution in [0.1, 0.15) is 15.9 Å². The van der Waals surface area contributed by atoms with E-state index in [4.69, 9.17) is 0 Å². The Bertz CT molecular complexity index is 1160. The van der Waals surface area contributed by atoms with Crippen LogP contribution in [0, 0.1) is 17.5 Å². The van der Waals surface area contributed by atoms with Gasteiger partial charge in [0, 0.05) is 18.0 Å². The van der Waals surface area contributed by atoms with Gasteiger partial charge in [-0.05, 0) is 48.0 Å². The quantitative estimate of drug-likeness (QED) is 0.488. The number of fused-ring (bicyclic) bond motifs is 1. The van der Waals surface area contributed by atoms with Gasteiger partial charge in [-0.2, -0.15) is 0 Å². The predicted octanol–water partition coefficient (Wildman–Crippen LogP) is 4.96. The van der Waals surface area contributed by atoms with Crippen LogP contribution in [0.25, 0.3) is 10.2 Å². The van der Waals surface area contributed by atoms with Gasteiger partial charge >= 0.3 is 0 Å². The second-order valence-corrected chi connectivity index (χ2v) is 7.00. The minimum Gasteiger partial charge on any atom is -0.279 e. The third-order valence-electron chi connectivity index (χ3n) is 4.05. The van der Waals surface area contributed by atoms with E-state index in [1.54, 1.807) is 24.5 Å². The van der Waals surface area contributed by atoms with E-state index < -0.39 is 23.4 Å². The fourth-order valence-corrected chi connectivity index (χ4v) is 3.68. The number of hydrogen-bond donors (Lipinski definition) is 0. The van der Waals surface area contributed by atoms with Gasteiger partial charge in [-0.25, -0.2) is 18.2 Å². The minimum absolute atomic E-state index is 0.0202. The molecule has 0 aliphatic heterocycles. The van der Waals surface area contributed by atoms with Crippen LogP contribution in [0.5, 0.6) is 0 Å². The summed E-state index contributed by atoms with van der Waals surface area (Å²) in [6.45, 7) is 0.119. The van der Waals surface area contributed by atoms with Crippen molar-refractivity contribution >= 4 is 32.6 Å². The first-order chi connectivity index (χ1) is 13.5. The van der Waals surface area contributed by atoms with E-state index in [0.717, 1.165) is 29.0 Å². The van der Waals surface area contributed by atoms with Gasteiger partial charge in [0.1, 0.15) is 5.82 Å². The second kappa shape index (κ2) is 7.40. The van der Waals surface area contributed by atoms with Crippen LogP contribution in [-0.4, -0.2) is 15.9 Å². The highest BCUT2D eigenvalue weighted by molar-refractivity contribution is 7.22. The zero-order valence-corrected chi connectivity index (χ0v) is 15.1. The predicted molar refractivity (Wildman–Crippen MR) is 101 cm³/mol. The average molecular weight is 399 g/mol. The molecule has 8 heteroatoms. The molecule has 0 fully saturated rings. The zero-order chi connectivity index (χ0) is 19.7. The molecule has 0 bridgehead atoms. The first-order valence-electron chi connectivity index (χ1n) is 8.23. The number of rotatable bonds is 4. The average Bonchev–Trinajstić information content (AvgIpc) is 3.11. The molecule has 0 N–H and O–H groups in total. The summed E-state index contributed by atoms with van der Waals surface area (Å²) >= 11 is 1.13. The molecule has 2 aromatic carbocycles. The molecular weight excluding hydrogens is 387 g/mol. The van der Waals surface area contributed by atoms with Crippen LogP contribution in [-0.2, 0) is 6.54 Å². The van der Waals surface area contributed by atoms with E-state index in [1.165, 1.54) is 29.2 Å². The molecule has 4 nitrogen and oxygen atoms in total. The summed E-state index contributed by atoms with van der Waals surface area (Å²) in [6, 6.07) is 10.6. The van der Waals surface area contributed by atoms with Crippen LogP contribution >= 0.6 is 11.3 Å². The van der Waals surface area contributed by atoms with E-state index in [1.807, 2.05) is 0 Å². The van der Waals surface area contributed by atoms with Gasteiger partial charge in [-0.1, -0.05) is 17.4 Å². The summed E-state index contributed by atoms with van der Waals surface area (Å²) < 4.78 is 41.0. The Kier molecular flexibility index (Phi) is 4.79. The molecule has 28 heavy (non-hydrogen) atoms. The molecule has 0 saturated heterocycles. The van der Waals surface area contributed by atoms with Crippen LogP contribution < -0.4 is 4.90 Å². The Morgan fingerprint density at radius 1 is 1.04 bits per heavy atom. The lowest BCUT2D eigenvalue weighted by molar-refractivity contribution is 0.0984. The van der Waals surface area contributed by atoms with Gasteiger partial charge in [0.2, 0.25) is 0 Å². The van der Waals surface area contributed by atoms with Gasteiger partial charge in [0.05, 0.1) is 16.8 Å². The summed E-state index contributed by atoms with van der Waals surface area (Å²) in [5, 5.41) is 0.319. The molecule has 0 radical (unpaired) electrons. The number of benzene rings is 2. The Morgan fingerprint density at radius 3 is 2.64 bits per heavy atom. The summed E-state index contributed by atoms with van der Waals surface area (Å²) in [6.07, 6.45) is 3.20. The fourth-order valence-electron chi connectivity index (χ4n) is 2.69. The number of aromatic nitrogens is 2. The fraction of sp³-hybridized carbons (Fsp3) is 0.0500. The Balaban J connectivity index is 1.78. The normalized spacial score (nSPS) is 11.0. The van der Waals surface area contributed by atoms with Crippen LogP contribution in [0.15, 0.2) is 60.9 Å². The first-order valence-corrected chi connectivity index (χ1v) is 9.05. The van der Waals surface area contributed by atoms with Crippen molar-refractivity contribution in [1.29, 1.82) is 0 Å². The van der Waals surface area contributed by atoms with Crippen LogP contribution in [0.3, 0.4) is 0 Å². The maximum absolute atomic E-state index is 13.6. The number of nitrogens with zero attached hydrogens (tertiary/aromatic N) is 3. The highest BCUT2D eigenvalue weighted by Crippen LogP contribution is 2.31. The first kappa shape index (κ1) is 18.1. The lowest BCUT2D eigenvalue weighted by atomic mass is 10.1. The van der Waals surface area contributed by atoms with Crippen LogP contribution in [0.2, 0.25) is 0 Å². The van der Waals surface area contributed by atoms with Crippen molar-refractivity contribution in [2.24, 2.45) is 0 Å². The number of hydrogen-bond acceptors (Lipinski definition) is 4. The van der Waals surface area contributed by atoms with Crippen molar-refractivity contribution in [3.63, 3.8) is 0 Å². The van der Waals surface area contributed by atoms with E-state index in [0.29, 0.717) is 15.3 Å². The van der Waals surface area contributed by atoms with Crippen molar-refractivity contribution in [2.45, 2.75) is 6.54 Å². The molecule has 2 heterocycles. The largest absolute Gasteiger partial charge is 0.279 e. The lowest BCUT2D eigenvalue weighted by Gasteiger charge is -2.20. The lowest BCUT2D eigenvalue weighted by Crippen LogP contribution is -2.30. The molecule has 0 spiro atoms. The molecule has 0 aliphatic carbocycles. The topological polar surface area (TPSA) is 46.1 Å². The molecule has 4 rings (SSSR count). The van der Waals surface area contributed by atoms with Crippen molar-refractivity contribution in [3.05, 3.63) is 89.5 Å². The molecule has 0 atom stereocenters. The summed E-state index contributed by atoms with van der Waals surface area (Å²) in [4.78, 5) is 22.8. The number of amides is 1. The van der Waals surface area contributed by atoms with E-state index in [2.05, 4.69) is 9.97 Å².